The molecular weight excluding hydrogens is 588 g/mol. The second-order valence-electron chi connectivity index (χ2n) is 9.88. The summed E-state index contributed by atoms with van der Waals surface area (Å²) >= 11 is 0. The Labute approximate surface area is 256 Å². The summed E-state index contributed by atoms with van der Waals surface area (Å²) in [6.45, 7) is 7.35. The van der Waals surface area contributed by atoms with E-state index in [1.165, 1.54) is 18.3 Å². The van der Waals surface area contributed by atoms with Crippen molar-refractivity contribution in [1.29, 1.82) is 0 Å². The Morgan fingerprint density at radius 3 is 2.66 bits per heavy atom. The zero-order valence-electron chi connectivity index (χ0n) is 25.0. The molecule has 1 N–H and O–H groups in total. The molecule has 0 saturated carbocycles. The number of rotatable bonds is 18. The second-order valence-corrected chi connectivity index (χ2v) is 11.3. The van der Waals surface area contributed by atoms with Gasteiger partial charge < -0.3 is 23.9 Å². The largest absolute Gasteiger partial charge is 0.744 e. The van der Waals surface area contributed by atoms with Gasteiger partial charge in [-0.1, -0.05) is 5.11 Å². The molecule has 2 heterocycles. The van der Waals surface area contributed by atoms with Crippen LogP contribution in [0, 0.1) is 0 Å². The van der Waals surface area contributed by atoms with Crippen LogP contribution in [0.3, 0.4) is 0 Å². The summed E-state index contributed by atoms with van der Waals surface area (Å²) in [4.78, 5) is 29.2. The highest BCUT2D eigenvalue weighted by molar-refractivity contribution is 7.85. The number of azide groups is 1. The maximum absolute atomic E-state index is 12.8. The molecule has 1 aromatic carbocycles. The van der Waals surface area contributed by atoms with E-state index in [0.717, 1.165) is 24.2 Å². The van der Waals surface area contributed by atoms with Crippen molar-refractivity contribution in [2.75, 3.05) is 44.3 Å². The van der Waals surface area contributed by atoms with Crippen molar-refractivity contribution < 1.29 is 31.5 Å². The van der Waals surface area contributed by atoms with Crippen molar-refractivity contribution in [2.45, 2.75) is 51.0 Å². The Bertz CT molecular complexity index is 1660. The molecule has 3 rings (SSSR count). The summed E-state index contributed by atoms with van der Waals surface area (Å²) in [7, 11) is -4.67. The van der Waals surface area contributed by atoms with Gasteiger partial charge in [-0.25, -0.2) is 13.2 Å². The number of anilines is 1. The summed E-state index contributed by atoms with van der Waals surface area (Å²) in [5.74, 6) is -0.113. The van der Waals surface area contributed by atoms with Crippen LogP contribution in [0.25, 0.3) is 33.6 Å². The van der Waals surface area contributed by atoms with Crippen LogP contribution < -0.4 is 20.4 Å². The number of aryl methyl sites for hydroxylation is 1. The zero-order valence-corrected chi connectivity index (χ0v) is 25.8. The van der Waals surface area contributed by atoms with Crippen LogP contribution in [-0.4, -0.2) is 58.3 Å². The van der Waals surface area contributed by atoms with Gasteiger partial charge in [0.25, 0.3) is 0 Å². The summed E-state index contributed by atoms with van der Waals surface area (Å²) in [5, 5.41) is 6.88. The summed E-state index contributed by atoms with van der Waals surface area (Å²) < 4.78 is 47.5. The molecule has 0 unspecified atom stereocenters. The summed E-state index contributed by atoms with van der Waals surface area (Å²) in [6, 6.07) is 10.2. The van der Waals surface area contributed by atoms with E-state index >= 15 is 0 Å². The first-order chi connectivity index (χ1) is 21.2. The van der Waals surface area contributed by atoms with Gasteiger partial charge in [-0.05, 0) is 62.6 Å². The number of carbonyl (C=O) groups excluding carboxylic acids is 1. The van der Waals surface area contributed by atoms with E-state index in [-0.39, 0.29) is 24.0 Å². The molecule has 13 nitrogen and oxygen atoms in total. The maximum Gasteiger partial charge on any atom is 0.343 e. The molecule has 0 aliphatic carbocycles. The first-order valence-corrected chi connectivity index (χ1v) is 15.9. The fraction of sp³-hybridized carbons (Fsp3) is 0.433. The van der Waals surface area contributed by atoms with Crippen LogP contribution in [0.2, 0.25) is 0 Å². The number of ether oxygens (including phenoxy) is 1. The number of carbonyl (C=O) groups is 1. The number of pyridine rings is 1. The minimum atomic E-state index is -4.67. The fourth-order valence-corrected chi connectivity index (χ4v) is 5.06. The van der Waals surface area contributed by atoms with Gasteiger partial charge in [0.2, 0.25) is 11.6 Å². The van der Waals surface area contributed by atoms with E-state index in [0.29, 0.717) is 62.2 Å². The van der Waals surface area contributed by atoms with E-state index < -0.39 is 15.7 Å². The van der Waals surface area contributed by atoms with Gasteiger partial charge in [-0.15, -0.1) is 0 Å². The fourth-order valence-electron chi connectivity index (χ4n) is 4.57. The van der Waals surface area contributed by atoms with Crippen molar-refractivity contribution in [3.63, 3.8) is 0 Å². The first kappa shape index (κ1) is 34.3. The molecule has 44 heavy (non-hydrogen) atoms. The SMILES string of the molecule is CCN(CC)c1ccc2cc(C=Cc3ccc(S(=O)(=O)[O-])c[n+]3CCCCCC(=O)NCCOCCN=[N+]=[N-])c(=O)oc2c1. The average molecular weight is 627 g/mol. The Hall–Kier alpha value is -4.23. The lowest BCUT2D eigenvalue weighted by Crippen LogP contribution is -2.37. The summed E-state index contributed by atoms with van der Waals surface area (Å²) in [5.41, 5.74) is 10.1. The third-order valence-electron chi connectivity index (χ3n) is 6.90. The molecule has 0 spiro atoms. The molecule has 0 atom stereocenters. The number of hydrogen-bond acceptors (Lipinski definition) is 9. The number of benzene rings is 1. The normalized spacial score (nSPS) is 11.5. The van der Waals surface area contributed by atoms with Crippen molar-refractivity contribution in [3.8, 4) is 0 Å². The predicted octanol–water partition coefficient (Wildman–Crippen LogP) is 4.00. The van der Waals surface area contributed by atoms with E-state index in [9.17, 15) is 22.6 Å². The summed E-state index contributed by atoms with van der Waals surface area (Å²) in [6.07, 6.45) is 6.80. The highest BCUT2D eigenvalue weighted by atomic mass is 32.2. The van der Waals surface area contributed by atoms with Crippen molar-refractivity contribution in [1.82, 2.24) is 5.32 Å². The number of amides is 1. The Kier molecular flexibility index (Phi) is 13.4. The van der Waals surface area contributed by atoms with Crippen LogP contribution >= 0.6 is 0 Å². The third kappa shape index (κ3) is 10.5. The van der Waals surface area contributed by atoms with Crippen LogP contribution in [0.15, 0.2) is 61.8 Å². The van der Waals surface area contributed by atoms with Gasteiger partial charge in [0, 0.05) is 73.2 Å². The lowest BCUT2D eigenvalue weighted by Gasteiger charge is -2.20. The van der Waals surface area contributed by atoms with Gasteiger partial charge >= 0.3 is 5.63 Å². The molecule has 0 fully saturated rings. The Morgan fingerprint density at radius 1 is 1.14 bits per heavy atom. The number of nitrogens with one attached hydrogen (secondary N) is 1. The molecule has 0 aliphatic heterocycles. The number of nitrogens with zero attached hydrogens (tertiary/aromatic N) is 5. The number of hydrogen-bond donors (Lipinski definition) is 1. The van der Waals surface area contributed by atoms with Gasteiger partial charge in [0.1, 0.15) is 27.1 Å². The van der Waals surface area contributed by atoms with Gasteiger partial charge in [0.05, 0.1) is 18.8 Å². The number of fused-ring (bicyclic) bond motifs is 1. The van der Waals surface area contributed by atoms with Gasteiger partial charge in [-0.2, -0.15) is 4.57 Å². The molecule has 0 saturated heterocycles. The standard InChI is InChI=1S/C30H38N6O7S/c1-3-35(4-2)26-12-9-23-20-24(30(38)43-28(23)21-26)10-11-25-13-14-27(44(39,40)41)22-36(25)17-7-5-6-8-29(37)32-15-18-42-19-16-33-34-31/h9-14,20-22H,3-8,15-19H2,1-2H3,(H-,32,37,39,40,41). The van der Waals surface area contributed by atoms with E-state index in [1.54, 1.807) is 22.8 Å². The highest BCUT2D eigenvalue weighted by Gasteiger charge is 2.14. The molecule has 0 aliphatic rings. The minimum Gasteiger partial charge on any atom is -0.744 e. The quantitative estimate of drug-likeness (QED) is 0.0418. The molecule has 236 valence electrons. The van der Waals surface area contributed by atoms with E-state index in [2.05, 4.69) is 34.1 Å². The van der Waals surface area contributed by atoms with Crippen molar-refractivity contribution >= 4 is 44.8 Å². The predicted molar refractivity (Wildman–Crippen MR) is 166 cm³/mol. The van der Waals surface area contributed by atoms with Gasteiger partial charge in [0.15, 0.2) is 6.20 Å². The van der Waals surface area contributed by atoms with Crippen LogP contribution in [-0.2, 0) is 26.2 Å². The monoisotopic (exact) mass is 626 g/mol. The zero-order chi connectivity index (χ0) is 32.0. The Balaban J connectivity index is 1.63. The number of unbranched alkanes of at least 4 members (excludes halogenated alkanes) is 2. The molecule has 2 aromatic heterocycles. The highest BCUT2D eigenvalue weighted by Crippen LogP contribution is 2.22. The molecule has 14 heteroatoms. The Morgan fingerprint density at radius 2 is 1.93 bits per heavy atom. The lowest BCUT2D eigenvalue weighted by molar-refractivity contribution is -0.700. The van der Waals surface area contributed by atoms with Crippen molar-refractivity contribution in [2.24, 2.45) is 5.11 Å². The molecule has 0 radical (unpaired) electrons. The maximum atomic E-state index is 12.8. The minimum absolute atomic E-state index is 0.113. The van der Waals surface area contributed by atoms with E-state index in [1.807, 2.05) is 18.2 Å². The third-order valence-corrected chi connectivity index (χ3v) is 7.72. The van der Waals surface area contributed by atoms with Gasteiger partial charge in [-0.3, -0.25) is 4.79 Å². The topological polar surface area (TPSA) is 182 Å². The second kappa shape index (κ2) is 17.2. The van der Waals surface area contributed by atoms with Crippen LogP contribution in [0.5, 0.6) is 0 Å². The van der Waals surface area contributed by atoms with Crippen LogP contribution in [0.1, 0.15) is 50.8 Å². The lowest BCUT2D eigenvalue weighted by atomic mass is 10.1. The van der Waals surface area contributed by atoms with E-state index in [4.69, 9.17) is 14.7 Å². The van der Waals surface area contributed by atoms with Crippen molar-refractivity contribution in [3.05, 3.63) is 74.7 Å². The first-order valence-electron chi connectivity index (χ1n) is 14.5. The molecule has 3 aromatic rings. The molecule has 1 amide bonds. The van der Waals surface area contributed by atoms with Crippen LogP contribution in [0.4, 0.5) is 5.69 Å². The average Bonchev–Trinajstić information content (AvgIpc) is 2.99. The smallest absolute Gasteiger partial charge is 0.343 e. The number of aromatic nitrogens is 1. The molecular formula is C30H38N6O7S. The molecule has 0 bridgehead atoms.